The molecule has 1 aromatic rings. The van der Waals surface area contributed by atoms with Gasteiger partial charge in [0.15, 0.2) is 5.13 Å². The van der Waals surface area contributed by atoms with E-state index >= 15 is 0 Å². The van der Waals surface area contributed by atoms with Crippen molar-refractivity contribution in [3.8, 4) is 0 Å². The summed E-state index contributed by atoms with van der Waals surface area (Å²) in [5, 5.41) is 3.61. The summed E-state index contributed by atoms with van der Waals surface area (Å²) in [6, 6.07) is 0.726. The van der Waals surface area contributed by atoms with Crippen LogP contribution in [0.1, 0.15) is 64.7 Å². The number of carbonyl (C=O) groups is 2. The molecule has 27 heavy (non-hydrogen) atoms. The second-order valence-electron chi connectivity index (χ2n) is 7.15. The molecule has 2 amide bonds. The van der Waals surface area contributed by atoms with Crippen molar-refractivity contribution < 1.29 is 14.3 Å². The molecule has 150 valence electrons. The normalized spacial score (nSPS) is 18.4. The second-order valence-corrected chi connectivity index (χ2v) is 9.45. The molecule has 8 heteroatoms. The number of nitrogens with zero attached hydrogens (tertiary/aromatic N) is 2. The molecule has 2 aliphatic rings. The molecule has 0 saturated heterocycles. The SMILES string of the molecule is CCOC(=O)CSc1cnc(NC(=O)N(C2CCCCCC2)C2CCC2)s1. The lowest BCUT2D eigenvalue weighted by molar-refractivity contribution is -0.139. The minimum Gasteiger partial charge on any atom is -0.465 e. The maximum Gasteiger partial charge on any atom is 0.324 e. The van der Waals surface area contributed by atoms with Gasteiger partial charge in [0.2, 0.25) is 0 Å². The van der Waals surface area contributed by atoms with Crippen molar-refractivity contribution in [1.82, 2.24) is 9.88 Å². The Morgan fingerprint density at radius 3 is 2.44 bits per heavy atom. The Labute approximate surface area is 169 Å². The fraction of sp³-hybridized carbons (Fsp3) is 0.737. The number of hydrogen-bond donors (Lipinski definition) is 1. The topological polar surface area (TPSA) is 71.5 Å². The minimum absolute atomic E-state index is 0.0112. The van der Waals surface area contributed by atoms with Crippen molar-refractivity contribution in [2.45, 2.75) is 81.0 Å². The van der Waals surface area contributed by atoms with Crippen molar-refractivity contribution in [3.05, 3.63) is 6.20 Å². The monoisotopic (exact) mass is 411 g/mol. The lowest BCUT2D eigenvalue weighted by atomic mass is 9.89. The first kappa shape index (κ1) is 20.5. The quantitative estimate of drug-likeness (QED) is 0.392. The van der Waals surface area contributed by atoms with Gasteiger partial charge in [-0.05, 0) is 39.0 Å². The summed E-state index contributed by atoms with van der Waals surface area (Å²) in [7, 11) is 0. The van der Waals surface area contributed by atoms with E-state index in [4.69, 9.17) is 4.74 Å². The highest BCUT2D eigenvalue weighted by Crippen LogP contribution is 2.33. The lowest BCUT2D eigenvalue weighted by Gasteiger charge is -2.42. The molecule has 1 heterocycles. The van der Waals surface area contributed by atoms with Gasteiger partial charge in [-0.3, -0.25) is 10.1 Å². The van der Waals surface area contributed by atoms with E-state index in [1.54, 1.807) is 13.1 Å². The number of anilines is 1. The maximum absolute atomic E-state index is 13.0. The molecule has 3 rings (SSSR count). The van der Waals surface area contributed by atoms with E-state index < -0.39 is 0 Å². The molecule has 0 aromatic carbocycles. The Kier molecular flexibility index (Phi) is 7.81. The highest BCUT2D eigenvalue weighted by molar-refractivity contribution is 8.01. The molecule has 2 fully saturated rings. The van der Waals surface area contributed by atoms with Crippen LogP contribution in [0.2, 0.25) is 0 Å². The average Bonchev–Trinajstić information content (AvgIpc) is 2.87. The number of rotatable bonds is 7. The number of nitrogens with one attached hydrogen (secondary N) is 1. The van der Waals surface area contributed by atoms with Gasteiger partial charge in [-0.2, -0.15) is 0 Å². The van der Waals surface area contributed by atoms with Gasteiger partial charge in [0, 0.05) is 12.1 Å². The van der Waals surface area contributed by atoms with Crippen LogP contribution in [0.3, 0.4) is 0 Å². The minimum atomic E-state index is -0.231. The van der Waals surface area contributed by atoms with E-state index in [-0.39, 0.29) is 17.8 Å². The van der Waals surface area contributed by atoms with E-state index in [9.17, 15) is 9.59 Å². The zero-order valence-electron chi connectivity index (χ0n) is 15.9. The standard InChI is InChI=1S/C19H29N3O3S2/c1-2-25-16(23)13-26-17-12-20-18(27-17)21-19(24)22(15-10-7-11-15)14-8-5-3-4-6-9-14/h12,14-15H,2-11,13H2,1H3,(H,20,21,24). The molecule has 2 aliphatic carbocycles. The number of urea groups is 1. The number of esters is 1. The van der Waals surface area contributed by atoms with Gasteiger partial charge >= 0.3 is 12.0 Å². The molecule has 0 atom stereocenters. The van der Waals surface area contributed by atoms with Crippen LogP contribution in [0.4, 0.5) is 9.93 Å². The van der Waals surface area contributed by atoms with Gasteiger partial charge in [0.1, 0.15) is 0 Å². The fourth-order valence-electron chi connectivity index (χ4n) is 3.70. The van der Waals surface area contributed by atoms with Crippen LogP contribution >= 0.6 is 23.1 Å². The molecule has 1 N–H and O–H groups in total. The zero-order valence-corrected chi connectivity index (χ0v) is 17.6. The lowest BCUT2D eigenvalue weighted by Crippen LogP contribution is -2.51. The van der Waals surface area contributed by atoms with Crippen LogP contribution in [0.25, 0.3) is 0 Å². The average molecular weight is 412 g/mol. The molecule has 0 aliphatic heterocycles. The molecule has 2 saturated carbocycles. The number of ether oxygens (including phenoxy) is 1. The molecule has 0 radical (unpaired) electrons. The summed E-state index contributed by atoms with van der Waals surface area (Å²) >= 11 is 2.81. The highest BCUT2D eigenvalue weighted by atomic mass is 32.2. The summed E-state index contributed by atoms with van der Waals surface area (Å²) in [4.78, 5) is 30.9. The van der Waals surface area contributed by atoms with Crippen LogP contribution in [0.15, 0.2) is 10.4 Å². The van der Waals surface area contributed by atoms with Gasteiger partial charge < -0.3 is 9.64 Å². The van der Waals surface area contributed by atoms with E-state index in [1.807, 2.05) is 0 Å². The van der Waals surface area contributed by atoms with Gasteiger partial charge in [-0.15, -0.1) is 11.8 Å². The van der Waals surface area contributed by atoms with Crippen LogP contribution in [-0.4, -0.2) is 46.3 Å². The van der Waals surface area contributed by atoms with Gasteiger partial charge in [0.05, 0.1) is 22.8 Å². The van der Waals surface area contributed by atoms with Gasteiger partial charge in [0.25, 0.3) is 0 Å². The van der Waals surface area contributed by atoms with Crippen molar-refractivity contribution in [2.24, 2.45) is 0 Å². The number of hydrogen-bond acceptors (Lipinski definition) is 6. The maximum atomic E-state index is 13.0. The third-order valence-corrected chi connectivity index (χ3v) is 7.34. The largest absolute Gasteiger partial charge is 0.465 e. The summed E-state index contributed by atoms with van der Waals surface area (Å²) in [5.74, 6) is 0.0330. The van der Waals surface area contributed by atoms with Crippen LogP contribution in [-0.2, 0) is 9.53 Å². The molecular weight excluding hydrogens is 382 g/mol. The fourth-order valence-corrected chi connectivity index (χ4v) is 5.36. The second kappa shape index (κ2) is 10.3. The smallest absolute Gasteiger partial charge is 0.324 e. The highest BCUT2D eigenvalue weighted by Gasteiger charge is 2.34. The predicted octanol–water partition coefficient (Wildman–Crippen LogP) is 4.91. The number of aromatic nitrogens is 1. The first-order chi connectivity index (χ1) is 13.2. The molecule has 0 spiro atoms. The Balaban J connectivity index is 1.57. The van der Waals surface area contributed by atoms with Crippen molar-refractivity contribution in [1.29, 1.82) is 0 Å². The summed E-state index contributed by atoms with van der Waals surface area (Å²) in [6.45, 7) is 2.19. The predicted molar refractivity (Wildman–Crippen MR) is 109 cm³/mol. The molecular formula is C19H29N3O3S2. The first-order valence-corrected chi connectivity index (χ1v) is 11.8. The van der Waals surface area contributed by atoms with Crippen LogP contribution in [0.5, 0.6) is 0 Å². The number of carbonyl (C=O) groups excluding carboxylic acids is 2. The summed E-state index contributed by atoms with van der Waals surface area (Å²) in [6.07, 6.45) is 12.4. The Hall–Kier alpha value is -1.28. The van der Waals surface area contributed by atoms with E-state index in [0.29, 0.717) is 23.8 Å². The Morgan fingerprint density at radius 2 is 1.85 bits per heavy atom. The molecule has 1 aromatic heterocycles. The molecule has 0 bridgehead atoms. The third kappa shape index (κ3) is 5.85. The van der Waals surface area contributed by atoms with Crippen molar-refractivity contribution >= 4 is 40.2 Å². The number of thioether (sulfide) groups is 1. The zero-order chi connectivity index (χ0) is 19.1. The third-order valence-electron chi connectivity index (χ3n) is 5.26. The van der Waals surface area contributed by atoms with Gasteiger partial charge in [-0.1, -0.05) is 37.0 Å². The Bertz CT molecular complexity index is 625. The molecule has 0 unspecified atom stereocenters. The number of thiazole rings is 1. The summed E-state index contributed by atoms with van der Waals surface area (Å²) < 4.78 is 5.84. The van der Waals surface area contributed by atoms with Crippen LogP contribution < -0.4 is 5.32 Å². The number of amides is 2. The van der Waals surface area contributed by atoms with E-state index in [0.717, 1.165) is 29.9 Å². The van der Waals surface area contributed by atoms with Crippen LogP contribution in [0, 0.1) is 0 Å². The first-order valence-electron chi connectivity index (χ1n) is 10.0. The van der Waals surface area contributed by atoms with E-state index in [1.165, 1.54) is 55.2 Å². The molecule has 6 nitrogen and oxygen atoms in total. The Morgan fingerprint density at radius 1 is 1.19 bits per heavy atom. The van der Waals surface area contributed by atoms with E-state index in [2.05, 4.69) is 15.2 Å². The summed E-state index contributed by atoms with van der Waals surface area (Å²) in [5.41, 5.74) is 0. The van der Waals surface area contributed by atoms with Crippen molar-refractivity contribution in [2.75, 3.05) is 17.7 Å². The van der Waals surface area contributed by atoms with Crippen molar-refractivity contribution in [3.63, 3.8) is 0 Å². The van der Waals surface area contributed by atoms with Gasteiger partial charge in [-0.25, -0.2) is 9.78 Å².